The van der Waals surface area contributed by atoms with Crippen LogP contribution in [0.25, 0.3) is 0 Å². The van der Waals surface area contributed by atoms with Gasteiger partial charge in [0.1, 0.15) is 6.73 Å². The smallest absolute Gasteiger partial charge is 0.135 e. The summed E-state index contributed by atoms with van der Waals surface area (Å²) in [6.07, 6.45) is 0. The van der Waals surface area contributed by atoms with Crippen molar-refractivity contribution in [3.63, 3.8) is 0 Å². The van der Waals surface area contributed by atoms with Gasteiger partial charge in [0.2, 0.25) is 0 Å². The van der Waals surface area contributed by atoms with Gasteiger partial charge in [0.15, 0.2) is 0 Å². The van der Waals surface area contributed by atoms with E-state index in [0.29, 0.717) is 0 Å². The SMILES string of the molecule is CN1CCN(C[O])CC1. The number of hydrogen-bond donors (Lipinski definition) is 0. The van der Waals surface area contributed by atoms with Crippen LogP contribution in [0.2, 0.25) is 0 Å². The van der Waals surface area contributed by atoms with Gasteiger partial charge in [-0.1, -0.05) is 0 Å². The molecule has 0 bridgehead atoms. The number of nitrogens with zero attached hydrogens (tertiary/aromatic N) is 2. The Kier molecular flexibility index (Phi) is 2.45. The van der Waals surface area contributed by atoms with Crippen LogP contribution in [0.4, 0.5) is 0 Å². The van der Waals surface area contributed by atoms with Gasteiger partial charge in [0.05, 0.1) is 0 Å². The molecule has 0 aromatic carbocycles. The van der Waals surface area contributed by atoms with Crippen molar-refractivity contribution in [1.29, 1.82) is 0 Å². The molecule has 3 nitrogen and oxygen atoms in total. The summed E-state index contributed by atoms with van der Waals surface area (Å²) in [6.45, 7) is 3.94. The third-order valence-electron chi connectivity index (χ3n) is 1.78. The first-order valence-electron chi connectivity index (χ1n) is 3.32. The minimum Gasteiger partial charge on any atom is -0.304 e. The Balaban J connectivity index is 2.18. The molecule has 0 N–H and O–H groups in total. The maximum atomic E-state index is 10.3. The van der Waals surface area contributed by atoms with Crippen molar-refractivity contribution in [1.82, 2.24) is 9.80 Å². The number of hydrogen-bond acceptors (Lipinski definition) is 2. The normalized spacial score (nSPS) is 24.7. The van der Waals surface area contributed by atoms with E-state index < -0.39 is 0 Å². The highest BCUT2D eigenvalue weighted by molar-refractivity contribution is 4.65. The van der Waals surface area contributed by atoms with Gasteiger partial charge in [-0.3, -0.25) is 4.90 Å². The minimum absolute atomic E-state index is 0.0339. The third kappa shape index (κ3) is 1.93. The predicted molar refractivity (Wildman–Crippen MR) is 34.6 cm³/mol. The van der Waals surface area contributed by atoms with E-state index in [4.69, 9.17) is 0 Å². The van der Waals surface area contributed by atoms with Crippen molar-refractivity contribution >= 4 is 0 Å². The second-order valence-electron chi connectivity index (χ2n) is 2.55. The Hall–Kier alpha value is -0.120. The van der Waals surface area contributed by atoms with Crippen molar-refractivity contribution in [2.24, 2.45) is 0 Å². The first-order valence-corrected chi connectivity index (χ1v) is 3.32. The van der Waals surface area contributed by atoms with E-state index in [-0.39, 0.29) is 6.73 Å². The molecule has 1 saturated heterocycles. The van der Waals surface area contributed by atoms with Gasteiger partial charge in [-0.05, 0) is 7.05 Å². The van der Waals surface area contributed by atoms with E-state index in [2.05, 4.69) is 11.9 Å². The van der Waals surface area contributed by atoms with Crippen LogP contribution in [0.3, 0.4) is 0 Å². The number of piperazine rings is 1. The Morgan fingerprint density at radius 2 is 1.78 bits per heavy atom. The molecule has 1 radical (unpaired) electrons. The Bertz CT molecular complexity index is 79.1. The number of likely N-dealkylation sites (N-methyl/N-ethyl adjacent to an activating group) is 1. The van der Waals surface area contributed by atoms with E-state index in [1.807, 2.05) is 4.90 Å². The van der Waals surface area contributed by atoms with E-state index in [1.54, 1.807) is 0 Å². The molecular weight excluding hydrogens is 116 g/mol. The van der Waals surface area contributed by atoms with Crippen molar-refractivity contribution < 1.29 is 5.11 Å². The fourth-order valence-electron chi connectivity index (χ4n) is 0.977. The van der Waals surface area contributed by atoms with Gasteiger partial charge in [0.25, 0.3) is 0 Å². The summed E-state index contributed by atoms with van der Waals surface area (Å²) in [5, 5.41) is 10.3. The van der Waals surface area contributed by atoms with Crippen LogP contribution < -0.4 is 0 Å². The molecule has 0 unspecified atom stereocenters. The molecule has 0 aliphatic carbocycles. The van der Waals surface area contributed by atoms with E-state index in [9.17, 15) is 5.11 Å². The average molecular weight is 129 g/mol. The van der Waals surface area contributed by atoms with Crippen molar-refractivity contribution in [2.75, 3.05) is 40.0 Å². The summed E-state index contributed by atoms with van der Waals surface area (Å²) < 4.78 is 0. The maximum Gasteiger partial charge on any atom is 0.135 e. The topological polar surface area (TPSA) is 26.4 Å². The molecule has 0 aromatic heterocycles. The zero-order valence-corrected chi connectivity index (χ0v) is 5.84. The van der Waals surface area contributed by atoms with Gasteiger partial charge in [-0.15, -0.1) is 0 Å². The first kappa shape index (κ1) is 6.99. The molecule has 1 aliphatic rings. The Morgan fingerprint density at radius 1 is 1.22 bits per heavy atom. The van der Waals surface area contributed by atoms with E-state index >= 15 is 0 Å². The molecule has 1 aliphatic heterocycles. The lowest BCUT2D eigenvalue weighted by Gasteiger charge is -2.29. The largest absolute Gasteiger partial charge is 0.304 e. The predicted octanol–water partition coefficient (Wildman–Crippen LogP) is -0.378. The fraction of sp³-hybridized carbons (Fsp3) is 1.00. The van der Waals surface area contributed by atoms with Crippen LogP contribution in [0.1, 0.15) is 0 Å². The van der Waals surface area contributed by atoms with Crippen LogP contribution in [0.5, 0.6) is 0 Å². The highest BCUT2D eigenvalue weighted by Crippen LogP contribution is 1.96. The molecule has 1 fully saturated rings. The Labute approximate surface area is 55.9 Å². The van der Waals surface area contributed by atoms with Crippen LogP contribution >= 0.6 is 0 Å². The quantitative estimate of drug-likeness (QED) is 0.482. The van der Waals surface area contributed by atoms with E-state index in [0.717, 1.165) is 26.2 Å². The average Bonchev–Trinajstić information content (AvgIpc) is 1.90. The molecule has 0 aromatic rings. The van der Waals surface area contributed by atoms with Gasteiger partial charge >= 0.3 is 0 Å². The molecule has 3 heteroatoms. The second-order valence-corrected chi connectivity index (χ2v) is 2.55. The number of rotatable bonds is 1. The van der Waals surface area contributed by atoms with Crippen LogP contribution in [0.15, 0.2) is 0 Å². The molecule has 0 spiro atoms. The molecule has 1 heterocycles. The molecule has 9 heavy (non-hydrogen) atoms. The maximum absolute atomic E-state index is 10.3. The highest BCUT2D eigenvalue weighted by atomic mass is 16.3. The monoisotopic (exact) mass is 129 g/mol. The zero-order chi connectivity index (χ0) is 6.69. The van der Waals surface area contributed by atoms with Gasteiger partial charge in [-0.2, -0.15) is 0 Å². The van der Waals surface area contributed by atoms with Crippen LogP contribution in [-0.2, 0) is 5.11 Å². The van der Waals surface area contributed by atoms with Crippen molar-refractivity contribution in [3.8, 4) is 0 Å². The van der Waals surface area contributed by atoms with Crippen molar-refractivity contribution in [3.05, 3.63) is 0 Å². The lowest BCUT2D eigenvalue weighted by atomic mass is 10.3. The summed E-state index contributed by atoms with van der Waals surface area (Å²) in [5.74, 6) is 0. The summed E-state index contributed by atoms with van der Waals surface area (Å²) in [5.41, 5.74) is 0. The highest BCUT2D eigenvalue weighted by Gasteiger charge is 2.11. The lowest BCUT2D eigenvalue weighted by molar-refractivity contribution is 0.0222. The molecule has 0 saturated carbocycles. The second kappa shape index (κ2) is 3.15. The lowest BCUT2D eigenvalue weighted by Crippen LogP contribution is -2.44. The third-order valence-corrected chi connectivity index (χ3v) is 1.78. The van der Waals surface area contributed by atoms with Crippen LogP contribution in [0, 0.1) is 0 Å². The summed E-state index contributed by atoms with van der Waals surface area (Å²) in [7, 11) is 2.09. The summed E-state index contributed by atoms with van der Waals surface area (Å²) >= 11 is 0. The minimum atomic E-state index is -0.0339. The molecule has 0 atom stereocenters. The van der Waals surface area contributed by atoms with Gasteiger partial charge in [0, 0.05) is 26.2 Å². The molecule has 1 rings (SSSR count). The molecule has 53 valence electrons. The standard InChI is InChI=1S/C6H13N2O/c1-7-2-4-8(6-9)5-3-7/h2-6H2,1H3. The van der Waals surface area contributed by atoms with E-state index in [1.165, 1.54) is 0 Å². The van der Waals surface area contributed by atoms with Gasteiger partial charge in [-0.25, -0.2) is 5.11 Å². The summed E-state index contributed by atoms with van der Waals surface area (Å²) in [4.78, 5) is 4.17. The van der Waals surface area contributed by atoms with Gasteiger partial charge < -0.3 is 4.90 Å². The molecular formula is C6H13N2O. The summed E-state index contributed by atoms with van der Waals surface area (Å²) in [6, 6.07) is 0. The zero-order valence-electron chi connectivity index (χ0n) is 5.84. The Morgan fingerprint density at radius 3 is 2.22 bits per heavy atom. The van der Waals surface area contributed by atoms with Crippen molar-refractivity contribution in [2.45, 2.75) is 0 Å². The molecule has 0 amide bonds. The van der Waals surface area contributed by atoms with Crippen LogP contribution in [-0.4, -0.2) is 49.8 Å². The fourth-order valence-corrected chi connectivity index (χ4v) is 0.977. The first-order chi connectivity index (χ1) is 4.33.